The van der Waals surface area contributed by atoms with Gasteiger partial charge in [-0.1, -0.05) is 0 Å². The standard InChI is InChI=1S/C15H7F3N2O2/c16-15(17,18)7-3-4-8-9(6-7)19-12-10-2-1-5-20(10)14(22)11(12)13(8)21/h1-6H,(H,19,21). The molecule has 0 amide bonds. The molecule has 1 N–H and O–H groups in total. The number of nitrogens with zero attached hydrogens (tertiary/aromatic N) is 1. The lowest BCUT2D eigenvalue weighted by molar-refractivity contribution is -0.137. The second kappa shape index (κ2) is 3.88. The maximum absolute atomic E-state index is 12.8. The van der Waals surface area contributed by atoms with Crippen molar-refractivity contribution in [3.63, 3.8) is 0 Å². The number of benzene rings is 1. The van der Waals surface area contributed by atoms with Gasteiger partial charge in [-0.3, -0.25) is 14.2 Å². The van der Waals surface area contributed by atoms with Gasteiger partial charge in [0.25, 0.3) is 5.91 Å². The molecule has 22 heavy (non-hydrogen) atoms. The van der Waals surface area contributed by atoms with Crippen molar-refractivity contribution >= 4 is 16.8 Å². The second-order valence-corrected chi connectivity index (χ2v) is 5.03. The molecular formula is C15H7F3N2O2. The number of aromatic nitrogens is 2. The van der Waals surface area contributed by atoms with Gasteiger partial charge in [-0.2, -0.15) is 13.2 Å². The molecule has 0 spiro atoms. The Kier molecular flexibility index (Phi) is 2.27. The molecule has 4 rings (SSSR count). The number of rotatable bonds is 0. The summed E-state index contributed by atoms with van der Waals surface area (Å²) in [5.74, 6) is -0.474. The van der Waals surface area contributed by atoms with Crippen molar-refractivity contribution in [1.29, 1.82) is 0 Å². The number of H-pyrrole nitrogens is 1. The minimum atomic E-state index is -4.50. The average Bonchev–Trinajstić information content (AvgIpc) is 3.02. The Labute approximate surface area is 120 Å². The zero-order valence-electron chi connectivity index (χ0n) is 10.9. The van der Waals surface area contributed by atoms with Gasteiger partial charge in [0.15, 0.2) is 0 Å². The van der Waals surface area contributed by atoms with E-state index in [2.05, 4.69) is 4.98 Å². The highest BCUT2D eigenvalue weighted by molar-refractivity contribution is 6.10. The summed E-state index contributed by atoms with van der Waals surface area (Å²) >= 11 is 0. The first-order valence-electron chi connectivity index (χ1n) is 6.37. The predicted octanol–water partition coefficient (Wildman–Crippen LogP) is 3.02. The van der Waals surface area contributed by atoms with E-state index in [-0.39, 0.29) is 22.2 Å². The van der Waals surface area contributed by atoms with Crippen LogP contribution >= 0.6 is 0 Å². The van der Waals surface area contributed by atoms with E-state index >= 15 is 0 Å². The Balaban J connectivity index is 2.09. The van der Waals surface area contributed by atoms with Gasteiger partial charge in [-0.15, -0.1) is 0 Å². The summed E-state index contributed by atoms with van der Waals surface area (Å²) < 4.78 is 39.7. The summed E-state index contributed by atoms with van der Waals surface area (Å²) in [5.41, 5.74) is -0.673. The first kappa shape index (κ1) is 12.9. The molecule has 0 atom stereocenters. The van der Waals surface area contributed by atoms with Crippen LogP contribution in [0, 0.1) is 0 Å². The minimum absolute atomic E-state index is 0.0390. The van der Waals surface area contributed by atoms with Crippen LogP contribution in [-0.4, -0.2) is 15.5 Å². The fraction of sp³-hybridized carbons (Fsp3) is 0.0667. The van der Waals surface area contributed by atoms with Crippen molar-refractivity contribution in [3.8, 4) is 11.4 Å². The number of halogens is 3. The molecule has 3 aromatic rings. The SMILES string of the molecule is O=C1c2c([nH]c3cc(C(F)(F)F)ccc3c2=O)-c2cccn21. The second-order valence-electron chi connectivity index (χ2n) is 5.03. The summed E-state index contributed by atoms with van der Waals surface area (Å²) in [4.78, 5) is 27.4. The fourth-order valence-corrected chi connectivity index (χ4v) is 2.75. The number of alkyl halides is 3. The first-order chi connectivity index (χ1) is 10.4. The Morgan fingerprint density at radius 1 is 1.09 bits per heavy atom. The Bertz CT molecular complexity index is 1010. The van der Waals surface area contributed by atoms with E-state index in [1.54, 1.807) is 12.1 Å². The predicted molar refractivity (Wildman–Crippen MR) is 72.7 cm³/mol. The number of hydrogen-bond donors (Lipinski definition) is 1. The van der Waals surface area contributed by atoms with Crippen molar-refractivity contribution in [1.82, 2.24) is 9.55 Å². The number of hydrogen-bond acceptors (Lipinski definition) is 2. The third-order valence-electron chi connectivity index (χ3n) is 3.77. The molecule has 1 aliphatic rings. The Morgan fingerprint density at radius 3 is 2.59 bits per heavy atom. The lowest BCUT2D eigenvalue weighted by atomic mass is 10.1. The van der Waals surface area contributed by atoms with Gasteiger partial charge in [0.2, 0.25) is 5.43 Å². The number of fused-ring (bicyclic) bond motifs is 4. The molecular weight excluding hydrogens is 297 g/mol. The van der Waals surface area contributed by atoms with Crippen molar-refractivity contribution < 1.29 is 18.0 Å². The van der Waals surface area contributed by atoms with Gasteiger partial charge in [0.05, 0.1) is 22.5 Å². The van der Waals surface area contributed by atoms with Crippen molar-refractivity contribution in [3.05, 3.63) is 57.9 Å². The zero-order chi connectivity index (χ0) is 15.6. The van der Waals surface area contributed by atoms with Gasteiger partial charge in [0, 0.05) is 11.6 Å². The smallest absolute Gasteiger partial charge is 0.352 e. The number of carbonyl (C=O) groups is 1. The monoisotopic (exact) mass is 304 g/mol. The Morgan fingerprint density at radius 2 is 1.86 bits per heavy atom. The molecule has 0 fully saturated rings. The molecule has 0 aliphatic carbocycles. The maximum atomic E-state index is 12.8. The van der Waals surface area contributed by atoms with E-state index in [0.29, 0.717) is 5.69 Å². The maximum Gasteiger partial charge on any atom is 0.416 e. The number of pyridine rings is 1. The van der Waals surface area contributed by atoms with E-state index in [1.165, 1.54) is 10.8 Å². The van der Waals surface area contributed by atoms with Crippen molar-refractivity contribution in [2.45, 2.75) is 6.18 Å². The molecule has 3 heterocycles. The van der Waals surface area contributed by atoms with Crippen LogP contribution in [0.5, 0.6) is 0 Å². The average molecular weight is 304 g/mol. The van der Waals surface area contributed by atoms with Crippen LogP contribution in [0.3, 0.4) is 0 Å². The molecule has 0 bridgehead atoms. The van der Waals surface area contributed by atoms with Crippen LogP contribution in [0.25, 0.3) is 22.3 Å². The molecule has 0 radical (unpaired) electrons. The lowest BCUT2D eigenvalue weighted by Crippen LogP contribution is -2.17. The summed E-state index contributed by atoms with van der Waals surface area (Å²) in [6, 6.07) is 6.07. The third kappa shape index (κ3) is 1.53. The van der Waals surface area contributed by atoms with Gasteiger partial charge >= 0.3 is 6.18 Å². The molecule has 2 aromatic heterocycles. The van der Waals surface area contributed by atoms with Gasteiger partial charge < -0.3 is 4.98 Å². The topological polar surface area (TPSA) is 54.9 Å². The molecule has 1 aromatic carbocycles. The number of nitrogens with one attached hydrogen (secondary N) is 1. The van der Waals surface area contributed by atoms with Crippen molar-refractivity contribution in [2.75, 3.05) is 0 Å². The zero-order valence-corrected chi connectivity index (χ0v) is 10.9. The number of carbonyl (C=O) groups excluding carboxylic acids is 1. The van der Waals surface area contributed by atoms with Crippen LogP contribution in [0.2, 0.25) is 0 Å². The highest BCUT2D eigenvalue weighted by Crippen LogP contribution is 2.33. The normalized spacial score (nSPS) is 13.5. The van der Waals surface area contributed by atoms with E-state index in [9.17, 15) is 22.8 Å². The highest BCUT2D eigenvalue weighted by atomic mass is 19.4. The molecule has 0 saturated heterocycles. The highest BCUT2D eigenvalue weighted by Gasteiger charge is 2.33. The van der Waals surface area contributed by atoms with Crippen LogP contribution in [-0.2, 0) is 6.18 Å². The van der Waals surface area contributed by atoms with Crippen LogP contribution in [0.4, 0.5) is 13.2 Å². The molecule has 0 unspecified atom stereocenters. The van der Waals surface area contributed by atoms with Crippen LogP contribution in [0.15, 0.2) is 41.3 Å². The number of aromatic amines is 1. The summed E-state index contributed by atoms with van der Waals surface area (Å²) in [6.07, 6.45) is -2.99. The largest absolute Gasteiger partial charge is 0.416 e. The molecule has 7 heteroatoms. The van der Waals surface area contributed by atoms with E-state index in [1.807, 2.05) is 0 Å². The van der Waals surface area contributed by atoms with E-state index in [4.69, 9.17) is 0 Å². The van der Waals surface area contributed by atoms with Gasteiger partial charge in [0.1, 0.15) is 5.56 Å². The van der Waals surface area contributed by atoms with Crippen LogP contribution in [0.1, 0.15) is 15.9 Å². The third-order valence-corrected chi connectivity index (χ3v) is 3.77. The quantitative estimate of drug-likeness (QED) is 0.543. The van der Waals surface area contributed by atoms with Gasteiger partial charge in [-0.05, 0) is 30.3 Å². The lowest BCUT2D eigenvalue weighted by Gasteiger charge is -2.08. The summed E-state index contributed by atoms with van der Waals surface area (Å²) in [7, 11) is 0. The van der Waals surface area contributed by atoms with E-state index < -0.39 is 23.1 Å². The van der Waals surface area contributed by atoms with Crippen molar-refractivity contribution in [2.24, 2.45) is 0 Å². The molecule has 110 valence electrons. The van der Waals surface area contributed by atoms with E-state index in [0.717, 1.165) is 18.2 Å². The summed E-state index contributed by atoms with van der Waals surface area (Å²) in [5, 5.41) is 0.0610. The summed E-state index contributed by atoms with van der Waals surface area (Å²) in [6.45, 7) is 0. The molecule has 1 aliphatic heterocycles. The van der Waals surface area contributed by atoms with Gasteiger partial charge in [-0.25, -0.2) is 0 Å². The molecule has 0 saturated carbocycles. The van der Waals surface area contributed by atoms with Crippen LogP contribution < -0.4 is 5.43 Å². The molecule has 4 nitrogen and oxygen atoms in total. The Hall–Kier alpha value is -2.83. The minimum Gasteiger partial charge on any atom is -0.352 e. The first-order valence-corrected chi connectivity index (χ1v) is 6.37. The fourth-order valence-electron chi connectivity index (χ4n) is 2.75.